The van der Waals surface area contributed by atoms with Crippen LogP contribution in [0.25, 0.3) is 0 Å². The molecule has 1 atom stereocenters. The summed E-state index contributed by atoms with van der Waals surface area (Å²) in [5.74, 6) is 1.12. The van der Waals surface area contributed by atoms with E-state index in [1.165, 1.54) is 0 Å². The van der Waals surface area contributed by atoms with Crippen molar-refractivity contribution in [2.75, 3.05) is 12.9 Å². The van der Waals surface area contributed by atoms with E-state index in [1.54, 1.807) is 31.0 Å². The van der Waals surface area contributed by atoms with Gasteiger partial charge in [0.05, 0.1) is 23.0 Å². The van der Waals surface area contributed by atoms with Crippen LogP contribution in [0.5, 0.6) is 5.75 Å². The highest BCUT2D eigenvalue weighted by molar-refractivity contribution is 8.25. The van der Waals surface area contributed by atoms with Gasteiger partial charge in [-0.25, -0.2) is 0 Å². The highest BCUT2D eigenvalue weighted by Gasteiger charge is 2.35. The molecule has 0 radical (unpaired) electrons. The van der Waals surface area contributed by atoms with E-state index in [1.807, 2.05) is 36.4 Å². The molecule has 0 bridgehead atoms. The van der Waals surface area contributed by atoms with Crippen molar-refractivity contribution in [1.29, 1.82) is 0 Å². The van der Waals surface area contributed by atoms with Gasteiger partial charge in [-0.1, -0.05) is 18.2 Å². The first-order valence-electron chi connectivity index (χ1n) is 6.26. The Morgan fingerprint density at radius 2 is 1.90 bits per heavy atom. The van der Waals surface area contributed by atoms with Crippen LogP contribution in [-0.2, 0) is 0 Å². The Balaban J connectivity index is 1.96. The molecular formula is C15H16O3S2. The van der Waals surface area contributed by atoms with Crippen LogP contribution in [0.2, 0.25) is 0 Å². The standard InChI is InChI=1S/C15H16O3S2/c1-18-11-7-8-15-13(9-11)14(10-20(15,16)17)19-12-5-3-2-4-6-12/h2-9,14,16-17H,10H2,1H3. The van der Waals surface area contributed by atoms with Gasteiger partial charge < -0.3 is 4.74 Å². The fourth-order valence-electron chi connectivity index (χ4n) is 2.35. The quantitative estimate of drug-likeness (QED) is 0.866. The first-order chi connectivity index (χ1) is 9.60. The summed E-state index contributed by atoms with van der Waals surface area (Å²) in [5.41, 5.74) is 0.971. The molecule has 0 saturated heterocycles. The van der Waals surface area contributed by atoms with E-state index >= 15 is 0 Å². The zero-order chi connectivity index (χ0) is 14.2. The minimum absolute atomic E-state index is 0.0486. The number of hydrogen-bond acceptors (Lipinski definition) is 4. The maximum Gasteiger partial charge on any atom is 0.119 e. The predicted molar refractivity (Wildman–Crippen MR) is 84.0 cm³/mol. The number of benzene rings is 2. The number of hydrogen-bond donors (Lipinski definition) is 2. The van der Waals surface area contributed by atoms with Crippen molar-refractivity contribution in [2.45, 2.75) is 15.0 Å². The fourth-order valence-corrected chi connectivity index (χ4v) is 5.88. The van der Waals surface area contributed by atoms with Gasteiger partial charge in [-0.05, 0) is 35.9 Å². The van der Waals surface area contributed by atoms with Gasteiger partial charge in [-0.2, -0.15) is 10.6 Å². The topological polar surface area (TPSA) is 49.7 Å². The number of ether oxygens (including phenoxy) is 1. The summed E-state index contributed by atoms with van der Waals surface area (Å²) < 4.78 is 25.7. The summed E-state index contributed by atoms with van der Waals surface area (Å²) in [6, 6.07) is 15.5. The zero-order valence-electron chi connectivity index (χ0n) is 11.0. The summed E-state index contributed by atoms with van der Waals surface area (Å²) in [6.07, 6.45) is 0. The fraction of sp³-hybridized carbons (Fsp3) is 0.200. The van der Waals surface area contributed by atoms with Crippen molar-refractivity contribution < 1.29 is 13.8 Å². The van der Waals surface area contributed by atoms with Gasteiger partial charge in [0, 0.05) is 4.90 Å². The second-order valence-corrected chi connectivity index (χ2v) is 8.04. The van der Waals surface area contributed by atoms with Gasteiger partial charge >= 0.3 is 0 Å². The first kappa shape index (κ1) is 13.8. The van der Waals surface area contributed by atoms with Gasteiger partial charge in [0.2, 0.25) is 0 Å². The van der Waals surface area contributed by atoms with Crippen molar-refractivity contribution in [3.05, 3.63) is 54.1 Å². The van der Waals surface area contributed by atoms with E-state index in [9.17, 15) is 9.11 Å². The molecule has 0 saturated carbocycles. The molecular weight excluding hydrogens is 292 g/mol. The van der Waals surface area contributed by atoms with Crippen LogP contribution in [0.4, 0.5) is 0 Å². The Hall–Kier alpha value is -1.14. The number of rotatable bonds is 3. The SMILES string of the molecule is COc1ccc2c(c1)C(Sc1ccccc1)CS2(O)O. The Morgan fingerprint density at radius 3 is 2.60 bits per heavy atom. The molecule has 1 unspecified atom stereocenters. The highest BCUT2D eigenvalue weighted by atomic mass is 32.3. The van der Waals surface area contributed by atoms with Crippen LogP contribution >= 0.6 is 22.4 Å². The second kappa shape index (κ2) is 5.33. The number of fused-ring (bicyclic) bond motifs is 1. The maximum atomic E-state index is 10.2. The van der Waals surface area contributed by atoms with Gasteiger partial charge in [-0.3, -0.25) is 9.11 Å². The largest absolute Gasteiger partial charge is 0.497 e. The Kier molecular flexibility index (Phi) is 3.69. The molecule has 0 amide bonds. The monoisotopic (exact) mass is 308 g/mol. The van der Waals surface area contributed by atoms with Gasteiger partial charge in [0.25, 0.3) is 0 Å². The number of thioether (sulfide) groups is 1. The highest BCUT2D eigenvalue weighted by Crippen LogP contribution is 2.63. The summed E-state index contributed by atoms with van der Waals surface area (Å²) >= 11 is 1.66. The Labute approximate surface area is 124 Å². The minimum Gasteiger partial charge on any atom is -0.497 e. The van der Waals surface area contributed by atoms with E-state index in [0.29, 0.717) is 10.6 Å². The van der Waals surface area contributed by atoms with Crippen LogP contribution in [0, 0.1) is 0 Å². The summed E-state index contributed by atoms with van der Waals surface area (Å²) in [4.78, 5) is 1.79. The lowest BCUT2D eigenvalue weighted by atomic mass is 10.1. The smallest absolute Gasteiger partial charge is 0.119 e. The summed E-state index contributed by atoms with van der Waals surface area (Å²) in [7, 11) is -1.06. The Bertz CT molecular complexity index is 614. The lowest BCUT2D eigenvalue weighted by Gasteiger charge is -2.27. The molecule has 1 aliphatic heterocycles. The molecule has 1 heterocycles. The van der Waals surface area contributed by atoms with Crippen LogP contribution < -0.4 is 4.74 Å². The normalized spacial score (nSPS) is 21.2. The van der Waals surface area contributed by atoms with Gasteiger partial charge in [-0.15, -0.1) is 11.8 Å². The Morgan fingerprint density at radius 1 is 1.15 bits per heavy atom. The molecule has 5 heteroatoms. The average Bonchev–Trinajstić information content (AvgIpc) is 2.71. The molecule has 2 aromatic rings. The molecule has 0 fully saturated rings. The molecule has 0 aliphatic carbocycles. The molecule has 2 N–H and O–H groups in total. The molecule has 106 valence electrons. The molecule has 20 heavy (non-hydrogen) atoms. The molecule has 0 aromatic heterocycles. The second-order valence-electron chi connectivity index (χ2n) is 4.66. The van der Waals surface area contributed by atoms with E-state index in [4.69, 9.17) is 4.74 Å². The van der Waals surface area contributed by atoms with Gasteiger partial charge in [0.15, 0.2) is 0 Å². The first-order valence-corrected chi connectivity index (χ1v) is 8.85. The van der Waals surface area contributed by atoms with E-state index < -0.39 is 10.6 Å². The molecule has 1 aliphatic rings. The minimum atomic E-state index is -2.68. The lowest BCUT2D eigenvalue weighted by Crippen LogP contribution is -1.98. The van der Waals surface area contributed by atoms with Crippen LogP contribution in [0.1, 0.15) is 10.8 Å². The summed E-state index contributed by atoms with van der Waals surface area (Å²) in [5, 5.41) is 0.0486. The van der Waals surface area contributed by atoms with Crippen molar-refractivity contribution in [3.8, 4) is 5.75 Å². The third kappa shape index (κ3) is 2.54. The third-order valence-corrected chi connectivity index (χ3v) is 6.66. The lowest BCUT2D eigenvalue weighted by molar-refractivity contribution is 0.414. The molecule has 3 rings (SSSR count). The maximum absolute atomic E-state index is 10.2. The molecule has 3 nitrogen and oxygen atoms in total. The molecule has 2 aromatic carbocycles. The van der Waals surface area contributed by atoms with Crippen LogP contribution in [-0.4, -0.2) is 22.0 Å². The predicted octanol–water partition coefficient (Wildman–Crippen LogP) is 4.65. The van der Waals surface area contributed by atoms with Crippen molar-refractivity contribution >= 4 is 22.4 Å². The summed E-state index contributed by atoms with van der Waals surface area (Å²) in [6.45, 7) is 0. The third-order valence-electron chi connectivity index (χ3n) is 3.32. The zero-order valence-corrected chi connectivity index (χ0v) is 12.7. The van der Waals surface area contributed by atoms with E-state index in [-0.39, 0.29) is 5.25 Å². The van der Waals surface area contributed by atoms with E-state index in [0.717, 1.165) is 16.2 Å². The average molecular weight is 308 g/mol. The molecule has 0 spiro atoms. The van der Waals surface area contributed by atoms with Crippen LogP contribution in [0.3, 0.4) is 0 Å². The van der Waals surface area contributed by atoms with Gasteiger partial charge in [0.1, 0.15) is 5.75 Å². The van der Waals surface area contributed by atoms with Crippen LogP contribution in [0.15, 0.2) is 58.3 Å². The van der Waals surface area contributed by atoms with E-state index in [2.05, 4.69) is 0 Å². The van der Waals surface area contributed by atoms with Crippen molar-refractivity contribution in [1.82, 2.24) is 0 Å². The number of methoxy groups -OCH3 is 1. The van der Waals surface area contributed by atoms with Crippen molar-refractivity contribution in [3.63, 3.8) is 0 Å². The van der Waals surface area contributed by atoms with Crippen molar-refractivity contribution in [2.24, 2.45) is 0 Å².